The van der Waals surface area contributed by atoms with Crippen molar-refractivity contribution in [2.24, 2.45) is 29.4 Å². The minimum Gasteiger partial charge on any atom is -0.505 e. The van der Waals surface area contributed by atoms with Crippen molar-refractivity contribution in [2.45, 2.75) is 24.5 Å². The monoisotopic (exact) mass is 579 g/mol. The topological polar surface area (TPSA) is 203 Å². The second-order valence-corrected chi connectivity index (χ2v) is 11.0. The number of nitrogens with two attached hydrogens (primary N) is 1. The number of fused-ring (bicyclic) bond motifs is 3. The average Bonchev–Trinajstić information content (AvgIpc) is 2.92. The van der Waals surface area contributed by atoms with Crippen molar-refractivity contribution in [1.82, 2.24) is 4.90 Å². The molecule has 0 saturated heterocycles. The van der Waals surface area contributed by atoms with Gasteiger partial charge >= 0.3 is 6.09 Å². The lowest BCUT2D eigenvalue weighted by Crippen LogP contribution is -2.74. The van der Waals surface area contributed by atoms with Gasteiger partial charge in [-0.2, -0.15) is 0 Å². The summed E-state index contributed by atoms with van der Waals surface area (Å²) in [5.74, 6) is -10.8. The number of hydrogen-bond donors (Lipinski definition) is 4. The number of hydrogen-bond acceptors (Lipinski definition) is 11. The van der Waals surface area contributed by atoms with Crippen LogP contribution in [0.5, 0.6) is 17.2 Å². The van der Waals surface area contributed by atoms with Crippen LogP contribution in [0.3, 0.4) is 0 Å². The Morgan fingerprint density at radius 3 is 2.26 bits per heavy atom. The van der Waals surface area contributed by atoms with E-state index >= 15 is 0 Å². The highest BCUT2D eigenvalue weighted by atomic mass is 16.6. The number of aliphatic hydroxyl groups is 1. The number of Topliss-reactive ketones (excluding diaryl/α,β-unsaturated/α-hetero) is 4. The number of phenolic OH excluding ortho intramolecular Hbond substituents is 1. The van der Waals surface area contributed by atoms with E-state index in [1.807, 2.05) is 0 Å². The molecule has 0 radical (unpaired) electrons. The molecule has 0 bridgehead atoms. The van der Waals surface area contributed by atoms with E-state index in [-0.39, 0.29) is 29.8 Å². The zero-order chi connectivity index (χ0) is 30.7. The number of primary amides is 1. The lowest BCUT2D eigenvalue weighted by atomic mass is 9.52. The lowest BCUT2D eigenvalue weighted by Gasteiger charge is -2.52. The Balaban J connectivity index is 1.46. The average molecular weight is 580 g/mol. The van der Waals surface area contributed by atoms with Crippen LogP contribution in [0.1, 0.15) is 22.3 Å². The molecule has 0 spiro atoms. The maximum atomic E-state index is 13.9. The molecule has 2 aromatic carbocycles. The maximum Gasteiger partial charge on any atom is 0.417 e. The van der Waals surface area contributed by atoms with E-state index in [1.165, 1.54) is 50.4 Å². The second kappa shape index (κ2) is 10.3. The molecule has 0 aromatic heterocycles. The van der Waals surface area contributed by atoms with Crippen molar-refractivity contribution < 1.29 is 48.5 Å². The molecular formula is C29H29N3O10. The van der Waals surface area contributed by atoms with E-state index < -0.39 is 76.2 Å². The first-order valence-electron chi connectivity index (χ1n) is 13.1. The van der Waals surface area contributed by atoms with Crippen molar-refractivity contribution in [3.8, 4) is 17.2 Å². The smallest absolute Gasteiger partial charge is 0.417 e. The number of rotatable bonds is 5. The molecule has 220 valence electrons. The molecule has 3 aliphatic rings. The predicted octanol–water partition coefficient (Wildman–Crippen LogP) is 0.487. The highest BCUT2D eigenvalue weighted by molar-refractivity contribution is 6.32. The summed E-state index contributed by atoms with van der Waals surface area (Å²) in [6.45, 7) is 0. The van der Waals surface area contributed by atoms with Crippen LogP contribution < -0.4 is 20.5 Å². The molecule has 6 atom stereocenters. The normalized spacial score (nSPS) is 28.5. The van der Waals surface area contributed by atoms with Gasteiger partial charge in [-0.15, -0.1) is 0 Å². The van der Waals surface area contributed by atoms with Gasteiger partial charge in [0.2, 0.25) is 5.91 Å². The number of methoxy groups -OCH3 is 1. The highest BCUT2D eigenvalue weighted by Gasteiger charge is 2.69. The summed E-state index contributed by atoms with van der Waals surface area (Å²) in [5, 5.41) is 25.0. The molecule has 0 aliphatic heterocycles. The van der Waals surface area contributed by atoms with Crippen LogP contribution in [-0.4, -0.2) is 83.1 Å². The first-order valence-corrected chi connectivity index (χ1v) is 13.1. The van der Waals surface area contributed by atoms with Gasteiger partial charge in [-0.1, -0.05) is 6.07 Å². The van der Waals surface area contributed by atoms with Crippen molar-refractivity contribution in [3.05, 3.63) is 47.5 Å². The third-order valence-corrected chi connectivity index (χ3v) is 8.44. The fourth-order valence-corrected chi connectivity index (χ4v) is 6.57. The van der Waals surface area contributed by atoms with Crippen LogP contribution in [-0.2, 0) is 25.6 Å². The molecule has 2 saturated carbocycles. The Bertz CT molecular complexity index is 1530. The van der Waals surface area contributed by atoms with E-state index in [2.05, 4.69) is 5.32 Å². The van der Waals surface area contributed by atoms with E-state index in [1.54, 1.807) is 12.1 Å². The Morgan fingerprint density at radius 1 is 1.02 bits per heavy atom. The number of carbonyl (C=O) groups is 6. The Morgan fingerprint density at radius 2 is 1.67 bits per heavy atom. The number of aromatic hydroxyl groups is 1. The molecule has 42 heavy (non-hydrogen) atoms. The molecule has 13 heteroatoms. The van der Waals surface area contributed by atoms with Gasteiger partial charge in [0, 0.05) is 5.92 Å². The van der Waals surface area contributed by atoms with Gasteiger partial charge < -0.3 is 25.4 Å². The third kappa shape index (κ3) is 4.32. The van der Waals surface area contributed by atoms with Crippen LogP contribution in [0, 0.1) is 23.7 Å². The summed E-state index contributed by atoms with van der Waals surface area (Å²) in [4.78, 5) is 80.1. The number of carbonyl (C=O) groups excluding carboxylic acids is 6. The predicted molar refractivity (Wildman–Crippen MR) is 144 cm³/mol. The number of phenols is 1. The SMILES string of the molecule is COc1ccc(OC(=O)Nc2ccc3c(c2O)C(=O)C2C(=O)[C@]4(O)C(=O)C(C(N)=O)C(=O)[C@@H](N(C)C)[C@@H]4C[C@@H]2C3)cc1. The summed E-state index contributed by atoms with van der Waals surface area (Å²) in [6.07, 6.45) is -0.915. The van der Waals surface area contributed by atoms with Crippen molar-refractivity contribution in [1.29, 1.82) is 0 Å². The Kier molecular flexibility index (Phi) is 7.11. The van der Waals surface area contributed by atoms with Crippen LogP contribution in [0.4, 0.5) is 10.5 Å². The summed E-state index contributed by atoms with van der Waals surface area (Å²) >= 11 is 0. The highest BCUT2D eigenvalue weighted by Crippen LogP contribution is 2.51. The number of ether oxygens (including phenoxy) is 2. The summed E-state index contributed by atoms with van der Waals surface area (Å²) in [6, 6.07) is 7.85. The minimum atomic E-state index is -2.81. The van der Waals surface area contributed by atoms with Crippen LogP contribution in [0.25, 0.3) is 0 Å². The lowest BCUT2D eigenvalue weighted by molar-refractivity contribution is -0.181. The maximum absolute atomic E-state index is 13.9. The minimum absolute atomic E-state index is 0.0567. The Labute approximate surface area is 239 Å². The molecule has 5 N–H and O–H groups in total. The molecular weight excluding hydrogens is 550 g/mol. The van der Waals surface area contributed by atoms with Crippen LogP contribution in [0.2, 0.25) is 0 Å². The van der Waals surface area contributed by atoms with Crippen molar-refractivity contribution in [2.75, 3.05) is 26.5 Å². The van der Waals surface area contributed by atoms with Crippen molar-refractivity contribution >= 4 is 40.8 Å². The van der Waals surface area contributed by atoms with Gasteiger partial charge in [0.25, 0.3) is 0 Å². The largest absolute Gasteiger partial charge is 0.505 e. The first-order chi connectivity index (χ1) is 19.8. The number of anilines is 1. The molecule has 2 amide bonds. The molecule has 13 nitrogen and oxygen atoms in total. The number of benzene rings is 2. The van der Waals surface area contributed by atoms with Gasteiger partial charge in [-0.3, -0.25) is 34.2 Å². The van der Waals surface area contributed by atoms with Gasteiger partial charge in [-0.25, -0.2) is 4.79 Å². The van der Waals surface area contributed by atoms with Gasteiger partial charge in [0.05, 0.1) is 30.3 Å². The van der Waals surface area contributed by atoms with Crippen molar-refractivity contribution in [3.63, 3.8) is 0 Å². The summed E-state index contributed by atoms with van der Waals surface area (Å²) in [7, 11) is 4.51. The van der Waals surface area contributed by atoms with Gasteiger partial charge in [0.1, 0.15) is 17.2 Å². The number of amides is 2. The van der Waals surface area contributed by atoms with Crippen LogP contribution >= 0.6 is 0 Å². The number of nitrogens with one attached hydrogen (secondary N) is 1. The fraction of sp³-hybridized carbons (Fsp3) is 0.379. The first kappa shape index (κ1) is 28.9. The second-order valence-electron chi connectivity index (χ2n) is 11.0. The standard InChI is InChI=1S/C29H29N3O10/c1-32(2)21-16-11-13-10-12-4-9-17(31-28(39)42-15-7-5-14(41-3)6-8-15)22(33)18(12)23(34)19(13)25(36)29(16,40)26(37)20(24(21)35)27(30)38/h4-9,13,16,19-21,33,40H,10-11H2,1-3H3,(H2,30,38)(H,31,39)/t13-,16-,19?,20?,21-,29-/m0/s1. The number of nitrogens with zero attached hydrogens (tertiary/aromatic N) is 1. The molecule has 2 aromatic rings. The zero-order valence-corrected chi connectivity index (χ0v) is 23.0. The third-order valence-electron chi connectivity index (χ3n) is 8.44. The van der Waals surface area contributed by atoms with E-state index in [0.717, 1.165) is 0 Å². The Hall–Kier alpha value is -4.62. The van der Waals surface area contributed by atoms with Gasteiger partial charge in [-0.05, 0) is 68.8 Å². The quantitative estimate of drug-likeness (QED) is 0.283. The van der Waals surface area contributed by atoms with E-state index in [4.69, 9.17) is 15.2 Å². The molecule has 3 aliphatic carbocycles. The zero-order valence-electron chi connectivity index (χ0n) is 23.0. The van der Waals surface area contributed by atoms with E-state index in [9.17, 15) is 39.0 Å². The van der Waals surface area contributed by atoms with E-state index in [0.29, 0.717) is 11.3 Å². The molecule has 2 unspecified atom stereocenters. The van der Waals surface area contributed by atoms with Gasteiger partial charge in [0.15, 0.2) is 34.7 Å². The molecule has 2 fully saturated rings. The molecule has 5 rings (SSSR count). The summed E-state index contributed by atoms with van der Waals surface area (Å²) < 4.78 is 10.3. The summed E-state index contributed by atoms with van der Waals surface area (Å²) in [5.41, 5.74) is 2.48. The molecule has 0 heterocycles. The fourth-order valence-electron chi connectivity index (χ4n) is 6.57. The van der Waals surface area contributed by atoms with Crippen LogP contribution in [0.15, 0.2) is 36.4 Å². The number of ketones is 4. The number of likely N-dealkylation sites (N-methyl/N-ethyl adjacent to an activating group) is 1.